The van der Waals surface area contributed by atoms with Crippen LogP contribution >= 0.6 is 0 Å². The third kappa shape index (κ3) is 5.11. The van der Waals surface area contributed by atoms with Crippen molar-refractivity contribution in [2.24, 2.45) is 16.8 Å². The SMILES string of the molecule is CCNC(=NCCC(=O)NC1CCS(=O)(=O)C1)N1CC2CCCCC2C1. The minimum Gasteiger partial charge on any atom is -0.357 e. The number of fused-ring (bicyclic) bond motifs is 1. The van der Waals surface area contributed by atoms with Crippen molar-refractivity contribution >= 4 is 21.7 Å². The summed E-state index contributed by atoms with van der Waals surface area (Å²) in [4.78, 5) is 19.1. The number of likely N-dealkylation sites (tertiary alicyclic amines) is 1. The Balaban J connectivity index is 1.47. The zero-order valence-electron chi connectivity index (χ0n) is 15.7. The second-order valence-corrected chi connectivity index (χ2v) is 10.1. The largest absolute Gasteiger partial charge is 0.357 e. The predicted octanol–water partition coefficient (Wildman–Crippen LogP) is 0.767. The highest BCUT2D eigenvalue weighted by Crippen LogP contribution is 2.35. The number of carbonyl (C=O) groups excluding carboxylic acids is 1. The van der Waals surface area contributed by atoms with E-state index in [4.69, 9.17) is 0 Å². The predicted molar refractivity (Wildman–Crippen MR) is 103 cm³/mol. The minimum absolute atomic E-state index is 0.0706. The molecule has 1 aliphatic carbocycles. The highest BCUT2D eigenvalue weighted by molar-refractivity contribution is 7.91. The van der Waals surface area contributed by atoms with Crippen LogP contribution in [0.25, 0.3) is 0 Å². The second kappa shape index (κ2) is 8.59. The van der Waals surface area contributed by atoms with Gasteiger partial charge in [-0.15, -0.1) is 0 Å². The molecule has 3 fully saturated rings. The molecule has 0 radical (unpaired) electrons. The lowest BCUT2D eigenvalue weighted by Gasteiger charge is -2.22. The van der Waals surface area contributed by atoms with E-state index in [0.717, 1.165) is 37.4 Å². The number of nitrogens with zero attached hydrogens (tertiary/aromatic N) is 2. The maximum Gasteiger partial charge on any atom is 0.222 e. The van der Waals surface area contributed by atoms with E-state index in [1.807, 2.05) is 0 Å². The Labute approximate surface area is 156 Å². The minimum atomic E-state index is -2.96. The van der Waals surface area contributed by atoms with Gasteiger partial charge in [-0.05, 0) is 38.0 Å². The highest BCUT2D eigenvalue weighted by Gasteiger charge is 2.35. The first kappa shape index (κ1) is 19.5. The van der Waals surface area contributed by atoms with Crippen LogP contribution in [0.2, 0.25) is 0 Å². The van der Waals surface area contributed by atoms with Crippen molar-refractivity contribution < 1.29 is 13.2 Å². The van der Waals surface area contributed by atoms with E-state index in [1.165, 1.54) is 25.7 Å². The molecule has 0 bridgehead atoms. The Morgan fingerprint density at radius 2 is 1.85 bits per heavy atom. The van der Waals surface area contributed by atoms with E-state index >= 15 is 0 Å². The van der Waals surface area contributed by atoms with E-state index in [2.05, 4.69) is 27.4 Å². The molecular formula is C18H32N4O3S. The quantitative estimate of drug-likeness (QED) is 0.540. The standard InChI is InChI=1S/C18H32N4O3S/c1-2-19-18(22-11-14-5-3-4-6-15(14)12-22)20-9-7-17(23)21-16-8-10-26(24,25)13-16/h14-16H,2-13H2,1H3,(H,19,20)(H,21,23). The first-order valence-corrected chi connectivity index (χ1v) is 11.8. The van der Waals surface area contributed by atoms with Gasteiger partial charge in [-0.2, -0.15) is 0 Å². The van der Waals surface area contributed by atoms with E-state index < -0.39 is 9.84 Å². The van der Waals surface area contributed by atoms with Crippen LogP contribution in [0.1, 0.15) is 45.4 Å². The van der Waals surface area contributed by atoms with Crippen LogP contribution in [0.3, 0.4) is 0 Å². The summed E-state index contributed by atoms with van der Waals surface area (Å²) in [5.74, 6) is 2.64. The summed E-state index contributed by atoms with van der Waals surface area (Å²) in [5, 5.41) is 6.19. The fraction of sp³-hybridized carbons (Fsp3) is 0.889. The fourth-order valence-corrected chi connectivity index (χ4v) is 6.15. The zero-order valence-corrected chi connectivity index (χ0v) is 16.6. The summed E-state index contributed by atoms with van der Waals surface area (Å²) in [5.41, 5.74) is 0. The Kier molecular flexibility index (Phi) is 6.42. The number of hydrogen-bond acceptors (Lipinski definition) is 4. The lowest BCUT2D eigenvalue weighted by molar-refractivity contribution is -0.121. The highest BCUT2D eigenvalue weighted by atomic mass is 32.2. The number of amides is 1. The van der Waals surface area contributed by atoms with Gasteiger partial charge < -0.3 is 15.5 Å². The van der Waals surface area contributed by atoms with Crippen LogP contribution in [0.5, 0.6) is 0 Å². The molecule has 8 heteroatoms. The monoisotopic (exact) mass is 384 g/mol. The lowest BCUT2D eigenvalue weighted by Crippen LogP contribution is -2.40. The molecule has 3 atom stereocenters. The summed E-state index contributed by atoms with van der Waals surface area (Å²) in [6.07, 6.45) is 6.17. The topological polar surface area (TPSA) is 90.9 Å². The summed E-state index contributed by atoms with van der Waals surface area (Å²) in [7, 11) is -2.96. The van der Waals surface area contributed by atoms with Crippen molar-refractivity contribution in [1.82, 2.24) is 15.5 Å². The number of rotatable bonds is 5. The van der Waals surface area contributed by atoms with Gasteiger partial charge in [0.25, 0.3) is 0 Å². The molecule has 0 spiro atoms. The molecule has 2 heterocycles. The first-order valence-electron chi connectivity index (χ1n) is 10.00. The number of hydrogen-bond donors (Lipinski definition) is 2. The second-order valence-electron chi connectivity index (χ2n) is 7.86. The molecule has 3 unspecified atom stereocenters. The maximum absolute atomic E-state index is 12.1. The molecule has 7 nitrogen and oxygen atoms in total. The molecule has 2 N–H and O–H groups in total. The fourth-order valence-electron chi connectivity index (χ4n) is 4.48. The van der Waals surface area contributed by atoms with Crippen molar-refractivity contribution in [2.45, 2.75) is 51.5 Å². The van der Waals surface area contributed by atoms with E-state index in [1.54, 1.807) is 0 Å². The van der Waals surface area contributed by atoms with Crippen molar-refractivity contribution in [1.29, 1.82) is 0 Å². The van der Waals surface area contributed by atoms with Gasteiger partial charge >= 0.3 is 0 Å². The van der Waals surface area contributed by atoms with Gasteiger partial charge in [0.1, 0.15) is 0 Å². The summed E-state index contributed by atoms with van der Waals surface area (Å²) in [6.45, 7) is 5.45. The van der Waals surface area contributed by atoms with E-state index in [-0.39, 0.29) is 23.5 Å². The van der Waals surface area contributed by atoms with Crippen molar-refractivity contribution in [2.75, 3.05) is 37.7 Å². The van der Waals surface area contributed by atoms with Gasteiger partial charge in [0.05, 0.1) is 18.1 Å². The molecule has 0 aromatic rings. The van der Waals surface area contributed by atoms with Crippen LogP contribution in [0.15, 0.2) is 4.99 Å². The number of sulfone groups is 1. The number of guanidine groups is 1. The molecular weight excluding hydrogens is 352 g/mol. The van der Waals surface area contributed by atoms with Crippen molar-refractivity contribution in [3.8, 4) is 0 Å². The molecule has 2 saturated heterocycles. The molecule has 148 valence electrons. The molecule has 2 aliphatic heterocycles. The van der Waals surface area contributed by atoms with Gasteiger partial charge in [-0.25, -0.2) is 8.42 Å². The third-order valence-corrected chi connectivity index (χ3v) is 7.58. The van der Waals surface area contributed by atoms with Crippen LogP contribution in [-0.4, -0.2) is 68.9 Å². The Bertz CT molecular complexity index is 620. The summed E-state index contributed by atoms with van der Waals surface area (Å²) in [6, 6.07) is -0.230. The lowest BCUT2D eigenvalue weighted by atomic mass is 9.82. The summed E-state index contributed by atoms with van der Waals surface area (Å²) < 4.78 is 22.9. The van der Waals surface area contributed by atoms with Gasteiger partial charge in [0.2, 0.25) is 5.91 Å². The smallest absolute Gasteiger partial charge is 0.222 e. The van der Waals surface area contributed by atoms with Crippen molar-refractivity contribution in [3.63, 3.8) is 0 Å². The number of carbonyl (C=O) groups is 1. The van der Waals surface area contributed by atoms with Gasteiger partial charge in [-0.3, -0.25) is 9.79 Å². The maximum atomic E-state index is 12.1. The first-order chi connectivity index (χ1) is 12.5. The van der Waals surface area contributed by atoms with Gasteiger partial charge in [0.15, 0.2) is 15.8 Å². The van der Waals surface area contributed by atoms with Gasteiger partial charge in [0, 0.05) is 32.1 Å². The molecule has 3 aliphatic rings. The van der Waals surface area contributed by atoms with Gasteiger partial charge in [-0.1, -0.05) is 12.8 Å². The zero-order chi connectivity index (χ0) is 18.6. The van der Waals surface area contributed by atoms with Crippen LogP contribution in [0.4, 0.5) is 0 Å². The third-order valence-electron chi connectivity index (χ3n) is 5.81. The molecule has 3 rings (SSSR count). The van der Waals surface area contributed by atoms with Crippen LogP contribution in [-0.2, 0) is 14.6 Å². The average molecular weight is 385 g/mol. The number of nitrogens with one attached hydrogen (secondary N) is 2. The average Bonchev–Trinajstić information content (AvgIpc) is 3.16. The number of aliphatic imine (C=N–C) groups is 1. The van der Waals surface area contributed by atoms with E-state index in [9.17, 15) is 13.2 Å². The Morgan fingerprint density at radius 1 is 1.15 bits per heavy atom. The molecule has 1 amide bonds. The van der Waals surface area contributed by atoms with Crippen LogP contribution in [0, 0.1) is 11.8 Å². The van der Waals surface area contributed by atoms with Crippen molar-refractivity contribution in [3.05, 3.63) is 0 Å². The van der Waals surface area contributed by atoms with E-state index in [0.29, 0.717) is 19.4 Å². The van der Waals surface area contributed by atoms with Crippen LogP contribution < -0.4 is 10.6 Å². The molecule has 1 saturated carbocycles. The summed E-state index contributed by atoms with van der Waals surface area (Å²) >= 11 is 0. The molecule has 0 aromatic carbocycles. The molecule has 26 heavy (non-hydrogen) atoms. The Morgan fingerprint density at radius 3 is 2.42 bits per heavy atom. The normalized spacial score (nSPS) is 30.9. The molecule has 0 aromatic heterocycles. The Hall–Kier alpha value is -1.31.